The van der Waals surface area contributed by atoms with Crippen LogP contribution in [-0.2, 0) is 9.57 Å². The smallest absolute Gasteiger partial charge is 0.407 e. The minimum atomic E-state index is -0.504. The maximum absolute atomic E-state index is 12.0. The number of piperidine rings is 1. The van der Waals surface area contributed by atoms with Crippen LogP contribution in [0.4, 0.5) is 4.79 Å². The summed E-state index contributed by atoms with van der Waals surface area (Å²) in [6, 6.07) is 8.93. The molecule has 6 heteroatoms. The molecule has 0 unspecified atom stereocenters. The fraction of sp³-hybridized carbons (Fsp3) is 0.529. The number of ether oxygens (including phenoxy) is 1. The number of rotatable bonds is 3. The molecule has 0 radical (unpaired) electrons. The maximum Gasteiger partial charge on any atom is 0.407 e. The fourth-order valence-electron chi connectivity index (χ4n) is 2.31. The van der Waals surface area contributed by atoms with Crippen LogP contribution >= 0.6 is 0 Å². The van der Waals surface area contributed by atoms with Crippen LogP contribution in [0.1, 0.15) is 44.0 Å². The van der Waals surface area contributed by atoms with E-state index in [9.17, 15) is 9.59 Å². The number of hydrogen-bond acceptors (Lipinski definition) is 5. The Balaban J connectivity index is 1.74. The molecule has 1 aromatic carbocycles. The first-order valence-electron chi connectivity index (χ1n) is 7.85. The van der Waals surface area contributed by atoms with Crippen molar-refractivity contribution in [2.45, 2.75) is 45.3 Å². The van der Waals surface area contributed by atoms with Gasteiger partial charge in [-0.1, -0.05) is 18.2 Å². The Morgan fingerprint density at radius 3 is 2.30 bits per heavy atom. The molecule has 1 aliphatic rings. The molecule has 1 fully saturated rings. The van der Waals surface area contributed by atoms with Gasteiger partial charge >= 0.3 is 12.1 Å². The molecular weight excluding hydrogens is 296 g/mol. The van der Waals surface area contributed by atoms with Gasteiger partial charge in [-0.15, -0.1) is 5.06 Å². The average Bonchev–Trinajstić information content (AvgIpc) is 2.48. The number of alkyl carbamates (subject to hydrolysis) is 1. The number of amides is 1. The van der Waals surface area contributed by atoms with Crippen LogP contribution in [0.2, 0.25) is 0 Å². The van der Waals surface area contributed by atoms with Crippen LogP contribution in [0, 0.1) is 0 Å². The van der Waals surface area contributed by atoms with E-state index < -0.39 is 11.7 Å². The van der Waals surface area contributed by atoms with E-state index in [1.807, 2.05) is 26.8 Å². The second-order valence-electron chi connectivity index (χ2n) is 6.59. The summed E-state index contributed by atoms with van der Waals surface area (Å²) in [6.45, 7) is 6.66. The summed E-state index contributed by atoms with van der Waals surface area (Å²) < 4.78 is 5.24. The van der Waals surface area contributed by atoms with E-state index in [-0.39, 0.29) is 12.0 Å². The van der Waals surface area contributed by atoms with Crippen LogP contribution < -0.4 is 5.32 Å². The van der Waals surface area contributed by atoms with Crippen molar-refractivity contribution in [3.8, 4) is 0 Å². The van der Waals surface area contributed by atoms with Crippen molar-refractivity contribution in [3.63, 3.8) is 0 Å². The molecule has 2 rings (SSSR count). The summed E-state index contributed by atoms with van der Waals surface area (Å²) in [5.41, 5.74) is 0.0252. The van der Waals surface area contributed by atoms with Gasteiger partial charge in [0.25, 0.3) is 0 Å². The summed E-state index contributed by atoms with van der Waals surface area (Å²) in [5.74, 6) is -0.357. The van der Waals surface area contributed by atoms with Crippen LogP contribution in [0.3, 0.4) is 0 Å². The predicted octanol–water partition coefficient (Wildman–Crippen LogP) is 2.75. The Morgan fingerprint density at radius 2 is 1.74 bits per heavy atom. The van der Waals surface area contributed by atoms with E-state index >= 15 is 0 Å². The molecule has 1 amide bonds. The largest absolute Gasteiger partial charge is 0.444 e. The average molecular weight is 320 g/mol. The monoisotopic (exact) mass is 320 g/mol. The van der Waals surface area contributed by atoms with Crippen molar-refractivity contribution in [1.29, 1.82) is 0 Å². The summed E-state index contributed by atoms with van der Waals surface area (Å²) in [6.07, 6.45) is 1.01. The van der Waals surface area contributed by atoms with Gasteiger partial charge in [-0.25, -0.2) is 9.59 Å². The lowest BCUT2D eigenvalue weighted by Crippen LogP contribution is -2.46. The molecule has 1 saturated heterocycles. The van der Waals surface area contributed by atoms with Gasteiger partial charge in [0.15, 0.2) is 0 Å². The zero-order valence-corrected chi connectivity index (χ0v) is 13.9. The third-order valence-electron chi connectivity index (χ3n) is 3.40. The summed E-state index contributed by atoms with van der Waals surface area (Å²) >= 11 is 0. The van der Waals surface area contributed by atoms with Gasteiger partial charge in [0, 0.05) is 19.1 Å². The fourth-order valence-corrected chi connectivity index (χ4v) is 2.31. The Bertz CT molecular complexity index is 531. The van der Waals surface area contributed by atoms with Gasteiger partial charge in [-0.2, -0.15) is 0 Å². The Morgan fingerprint density at radius 1 is 1.13 bits per heavy atom. The first-order chi connectivity index (χ1) is 10.8. The lowest BCUT2D eigenvalue weighted by Gasteiger charge is -2.31. The highest BCUT2D eigenvalue weighted by Gasteiger charge is 2.25. The van der Waals surface area contributed by atoms with Crippen LogP contribution in [0.25, 0.3) is 0 Å². The summed E-state index contributed by atoms with van der Waals surface area (Å²) in [4.78, 5) is 29.1. The zero-order chi connectivity index (χ0) is 16.9. The second kappa shape index (κ2) is 7.46. The molecule has 1 heterocycles. The lowest BCUT2D eigenvalue weighted by molar-refractivity contribution is -0.122. The molecule has 126 valence electrons. The molecule has 23 heavy (non-hydrogen) atoms. The molecular formula is C17H24N2O4. The molecule has 1 aliphatic heterocycles. The van der Waals surface area contributed by atoms with Crippen LogP contribution in [0.15, 0.2) is 30.3 Å². The van der Waals surface area contributed by atoms with Crippen LogP contribution in [0.5, 0.6) is 0 Å². The second-order valence-corrected chi connectivity index (χ2v) is 6.59. The van der Waals surface area contributed by atoms with Gasteiger partial charge in [0.1, 0.15) is 5.60 Å². The molecule has 6 nitrogen and oxygen atoms in total. The highest BCUT2D eigenvalue weighted by atomic mass is 16.7. The van der Waals surface area contributed by atoms with Crippen LogP contribution in [-0.4, -0.2) is 41.9 Å². The number of nitrogens with zero attached hydrogens (tertiary/aromatic N) is 1. The minimum Gasteiger partial charge on any atom is -0.444 e. The summed E-state index contributed by atoms with van der Waals surface area (Å²) in [7, 11) is 0. The highest BCUT2D eigenvalue weighted by Crippen LogP contribution is 2.14. The standard InChI is InChI=1S/C17H24N2O4/c1-17(2,3)22-16(21)18-14-9-11-19(12-10-14)23-15(20)13-7-5-4-6-8-13/h4-8,14H,9-12H2,1-3H3,(H,18,21). The molecule has 1 aromatic rings. The van der Waals surface area contributed by atoms with Crippen molar-refractivity contribution >= 4 is 12.1 Å². The molecule has 0 atom stereocenters. The zero-order valence-electron chi connectivity index (χ0n) is 13.9. The van der Waals surface area contributed by atoms with E-state index in [0.29, 0.717) is 31.5 Å². The first-order valence-corrected chi connectivity index (χ1v) is 7.85. The Labute approximate surface area is 136 Å². The number of hydroxylamine groups is 2. The van der Waals surface area contributed by atoms with Crippen molar-refractivity contribution in [1.82, 2.24) is 10.4 Å². The number of benzene rings is 1. The minimum absolute atomic E-state index is 0.0385. The molecule has 0 aliphatic carbocycles. The topological polar surface area (TPSA) is 67.9 Å². The van der Waals surface area contributed by atoms with Gasteiger partial charge in [0.2, 0.25) is 0 Å². The molecule has 0 bridgehead atoms. The van der Waals surface area contributed by atoms with E-state index in [1.165, 1.54) is 0 Å². The van der Waals surface area contributed by atoms with Gasteiger partial charge < -0.3 is 14.9 Å². The van der Waals surface area contributed by atoms with Gasteiger partial charge in [-0.05, 0) is 45.7 Å². The highest BCUT2D eigenvalue weighted by molar-refractivity contribution is 5.89. The molecule has 1 N–H and O–H groups in total. The number of nitrogens with one attached hydrogen (secondary N) is 1. The predicted molar refractivity (Wildman–Crippen MR) is 85.8 cm³/mol. The van der Waals surface area contributed by atoms with E-state index in [1.54, 1.807) is 29.3 Å². The molecule has 0 spiro atoms. The Hall–Kier alpha value is -2.08. The third kappa shape index (κ3) is 5.90. The number of carbonyl (C=O) groups excluding carboxylic acids is 2. The Kier molecular flexibility index (Phi) is 5.60. The quantitative estimate of drug-likeness (QED) is 0.927. The van der Waals surface area contributed by atoms with Crippen molar-refractivity contribution < 1.29 is 19.2 Å². The van der Waals surface area contributed by atoms with Gasteiger partial charge in [-0.3, -0.25) is 0 Å². The lowest BCUT2D eigenvalue weighted by atomic mass is 10.1. The van der Waals surface area contributed by atoms with Crippen molar-refractivity contribution in [2.75, 3.05) is 13.1 Å². The normalized spacial score (nSPS) is 16.7. The van der Waals surface area contributed by atoms with Crippen molar-refractivity contribution in [3.05, 3.63) is 35.9 Å². The van der Waals surface area contributed by atoms with E-state index in [2.05, 4.69) is 5.32 Å². The maximum atomic E-state index is 12.0. The number of hydrogen-bond donors (Lipinski definition) is 1. The van der Waals surface area contributed by atoms with E-state index in [4.69, 9.17) is 9.57 Å². The van der Waals surface area contributed by atoms with Crippen molar-refractivity contribution in [2.24, 2.45) is 0 Å². The third-order valence-corrected chi connectivity index (χ3v) is 3.40. The summed E-state index contributed by atoms with van der Waals surface area (Å²) in [5, 5.41) is 4.49. The first kappa shape index (κ1) is 17.3. The molecule has 0 saturated carbocycles. The van der Waals surface area contributed by atoms with E-state index in [0.717, 1.165) is 0 Å². The SMILES string of the molecule is CC(C)(C)OC(=O)NC1CCN(OC(=O)c2ccccc2)CC1. The number of carbonyl (C=O) groups is 2. The molecule has 0 aromatic heterocycles. The van der Waals surface area contributed by atoms with Gasteiger partial charge in [0.05, 0.1) is 5.56 Å².